The molecule has 1 radical (unpaired) electrons. The number of aromatic nitrogens is 2. The third-order valence-corrected chi connectivity index (χ3v) is 3.09. The summed E-state index contributed by atoms with van der Waals surface area (Å²) in [5.74, 6) is 0.768. The minimum absolute atomic E-state index is 0.768. The first kappa shape index (κ1) is 10.8. The van der Waals surface area contributed by atoms with Gasteiger partial charge in [-0.15, -0.1) is 0 Å². The molecule has 3 rings (SSSR count). The Balaban J connectivity index is 2.15. The largest absolute Gasteiger partial charge is 0.495 e. The minimum Gasteiger partial charge on any atom is -0.495 e. The lowest BCUT2D eigenvalue weighted by atomic mass is 10.0. The SMILES string of the molecule is COc1cncc(-c2ccc3[nH][c]c(C)c3c2)c1. The first-order chi connectivity index (χ1) is 8.78. The van der Waals surface area contributed by atoms with Gasteiger partial charge in [-0.05, 0) is 36.2 Å². The van der Waals surface area contributed by atoms with E-state index >= 15 is 0 Å². The molecule has 0 aliphatic rings. The van der Waals surface area contributed by atoms with Crippen molar-refractivity contribution in [3.05, 3.63) is 48.4 Å². The molecule has 1 aromatic carbocycles. The molecule has 3 heteroatoms. The molecule has 2 aromatic heterocycles. The Bertz CT molecular complexity index is 701. The van der Waals surface area contributed by atoms with E-state index in [0.29, 0.717) is 0 Å². The molecule has 89 valence electrons. The average molecular weight is 237 g/mol. The monoisotopic (exact) mass is 237 g/mol. The minimum atomic E-state index is 0.768. The van der Waals surface area contributed by atoms with E-state index in [2.05, 4.69) is 34.4 Å². The zero-order valence-corrected chi connectivity index (χ0v) is 10.3. The number of aromatic amines is 1. The summed E-state index contributed by atoms with van der Waals surface area (Å²) in [5, 5.41) is 1.19. The van der Waals surface area contributed by atoms with E-state index in [0.717, 1.165) is 28.0 Å². The van der Waals surface area contributed by atoms with Crippen LogP contribution in [0.15, 0.2) is 36.7 Å². The smallest absolute Gasteiger partial charge is 0.137 e. The van der Waals surface area contributed by atoms with Crippen LogP contribution in [-0.4, -0.2) is 17.1 Å². The van der Waals surface area contributed by atoms with Crippen molar-refractivity contribution in [2.45, 2.75) is 6.92 Å². The van der Waals surface area contributed by atoms with E-state index in [1.807, 2.05) is 19.2 Å². The number of methoxy groups -OCH3 is 1. The molecule has 0 saturated heterocycles. The summed E-state index contributed by atoms with van der Waals surface area (Å²) in [5.41, 5.74) is 4.41. The molecule has 0 unspecified atom stereocenters. The topological polar surface area (TPSA) is 37.9 Å². The van der Waals surface area contributed by atoms with E-state index in [1.165, 1.54) is 5.39 Å². The molecule has 0 aliphatic heterocycles. The number of ether oxygens (including phenoxy) is 1. The molecule has 3 nitrogen and oxygen atoms in total. The second kappa shape index (κ2) is 4.18. The zero-order valence-electron chi connectivity index (χ0n) is 10.3. The number of hydrogen-bond acceptors (Lipinski definition) is 2. The Hall–Kier alpha value is -2.29. The summed E-state index contributed by atoms with van der Waals surface area (Å²) in [6.45, 7) is 2.05. The van der Waals surface area contributed by atoms with Crippen LogP contribution in [0, 0.1) is 13.1 Å². The Morgan fingerprint density at radius 1 is 1.17 bits per heavy atom. The highest BCUT2D eigenvalue weighted by molar-refractivity contribution is 5.87. The molecular weight excluding hydrogens is 224 g/mol. The van der Waals surface area contributed by atoms with Gasteiger partial charge < -0.3 is 9.72 Å². The lowest BCUT2D eigenvalue weighted by Gasteiger charge is -2.04. The molecule has 2 heterocycles. The van der Waals surface area contributed by atoms with Gasteiger partial charge in [0, 0.05) is 22.7 Å². The van der Waals surface area contributed by atoms with Crippen LogP contribution in [-0.2, 0) is 0 Å². The number of hydrogen-bond donors (Lipinski definition) is 1. The maximum absolute atomic E-state index is 5.20. The van der Waals surface area contributed by atoms with E-state index in [-0.39, 0.29) is 0 Å². The lowest BCUT2D eigenvalue weighted by molar-refractivity contribution is 0.413. The fourth-order valence-corrected chi connectivity index (χ4v) is 2.06. The number of nitrogens with one attached hydrogen (secondary N) is 1. The van der Waals surface area contributed by atoms with E-state index in [1.54, 1.807) is 13.3 Å². The van der Waals surface area contributed by atoms with Crippen LogP contribution in [0.2, 0.25) is 0 Å². The predicted molar refractivity (Wildman–Crippen MR) is 71.7 cm³/mol. The third kappa shape index (κ3) is 1.74. The van der Waals surface area contributed by atoms with Gasteiger partial charge >= 0.3 is 0 Å². The summed E-state index contributed by atoms with van der Waals surface area (Å²) < 4.78 is 5.20. The number of fused-ring (bicyclic) bond motifs is 1. The van der Waals surface area contributed by atoms with Crippen LogP contribution in [0.25, 0.3) is 22.0 Å². The highest BCUT2D eigenvalue weighted by Crippen LogP contribution is 2.27. The fraction of sp³-hybridized carbons (Fsp3) is 0.133. The van der Waals surface area contributed by atoms with Crippen LogP contribution < -0.4 is 4.74 Å². The molecule has 1 N–H and O–H groups in total. The van der Waals surface area contributed by atoms with Gasteiger partial charge in [-0.1, -0.05) is 6.07 Å². The molecule has 0 fully saturated rings. The normalized spacial score (nSPS) is 10.8. The molecule has 0 spiro atoms. The van der Waals surface area contributed by atoms with Crippen molar-refractivity contribution in [2.75, 3.05) is 7.11 Å². The van der Waals surface area contributed by atoms with Crippen LogP contribution >= 0.6 is 0 Å². The first-order valence-corrected chi connectivity index (χ1v) is 5.77. The quantitative estimate of drug-likeness (QED) is 0.742. The molecular formula is C15H13N2O. The molecule has 18 heavy (non-hydrogen) atoms. The molecule has 0 atom stereocenters. The molecule has 0 aliphatic carbocycles. The maximum Gasteiger partial charge on any atom is 0.137 e. The van der Waals surface area contributed by atoms with Crippen LogP contribution in [0.5, 0.6) is 5.75 Å². The van der Waals surface area contributed by atoms with Crippen LogP contribution in [0.1, 0.15) is 5.56 Å². The molecule has 3 aromatic rings. The van der Waals surface area contributed by atoms with Gasteiger partial charge in [0.1, 0.15) is 5.75 Å². The molecule has 0 saturated carbocycles. The Labute approximate surface area is 105 Å². The van der Waals surface area contributed by atoms with Gasteiger partial charge in [0.05, 0.1) is 19.5 Å². The van der Waals surface area contributed by atoms with Gasteiger partial charge in [0.15, 0.2) is 0 Å². The summed E-state index contributed by atoms with van der Waals surface area (Å²) in [6, 6.07) is 8.27. The van der Waals surface area contributed by atoms with Crippen LogP contribution in [0.4, 0.5) is 0 Å². The van der Waals surface area contributed by atoms with Crippen molar-refractivity contribution in [1.82, 2.24) is 9.97 Å². The fourth-order valence-electron chi connectivity index (χ4n) is 2.06. The van der Waals surface area contributed by atoms with Crippen molar-refractivity contribution >= 4 is 10.9 Å². The number of rotatable bonds is 2. The molecule has 0 bridgehead atoms. The Morgan fingerprint density at radius 2 is 2.06 bits per heavy atom. The molecule has 0 amide bonds. The van der Waals surface area contributed by atoms with Gasteiger partial charge in [0.2, 0.25) is 0 Å². The standard InChI is InChI=1S/C15H13N2O/c1-10-7-17-15-4-3-11(6-14(10)15)12-5-13(18-2)9-16-8-12/h3-6,8-9,17H,1-2H3. The Morgan fingerprint density at radius 3 is 2.89 bits per heavy atom. The predicted octanol–water partition coefficient (Wildman–Crippen LogP) is 3.35. The van der Waals surface area contributed by atoms with E-state index < -0.39 is 0 Å². The number of pyridine rings is 1. The number of H-pyrrole nitrogens is 1. The van der Waals surface area contributed by atoms with Crippen molar-refractivity contribution in [2.24, 2.45) is 0 Å². The van der Waals surface area contributed by atoms with Crippen molar-refractivity contribution < 1.29 is 4.74 Å². The zero-order chi connectivity index (χ0) is 12.5. The second-order valence-corrected chi connectivity index (χ2v) is 4.25. The average Bonchev–Trinajstić information content (AvgIpc) is 2.80. The van der Waals surface area contributed by atoms with Gasteiger partial charge in [-0.25, -0.2) is 0 Å². The van der Waals surface area contributed by atoms with Crippen molar-refractivity contribution in [3.8, 4) is 16.9 Å². The maximum atomic E-state index is 5.20. The number of aryl methyl sites for hydroxylation is 1. The Kier molecular flexibility index (Phi) is 2.52. The second-order valence-electron chi connectivity index (χ2n) is 4.25. The van der Waals surface area contributed by atoms with E-state index in [9.17, 15) is 0 Å². The summed E-state index contributed by atoms with van der Waals surface area (Å²) in [4.78, 5) is 7.31. The van der Waals surface area contributed by atoms with Crippen LogP contribution in [0.3, 0.4) is 0 Å². The van der Waals surface area contributed by atoms with E-state index in [4.69, 9.17) is 4.74 Å². The van der Waals surface area contributed by atoms with Crippen molar-refractivity contribution in [3.63, 3.8) is 0 Å². The summed E-state index contributed by atoms with van der Waals surface area (Å²) in [6.07, 6.45) is 6.66. The van der Waals surface area contributed by atoms with Gasteiger partial charge in [-0.3, -0.25) is 4.98 Å². The highest BCUT2D eigenvalue weighted by atomic mass is 16.5. The first-order valence-electron chi connectivity index (χ1n) is 5.77. The lowest BCUT2D eigenvalue weighted by Crippen LogP contribution is -1.86. The van der Waals surface area contributed by atoms with Crippen molar-refractivity contribution in [1.29, 1.82) is 0 Å². The third-order valence-electron chi connectivity index (χ3n) is 3.09. The number of nitrogens with zero attached hydrogens (tertiary/aromatic N) is 1. The van der Waals surface area contributed by atoms with Gasteiger partial charge in [0.25, 0.3) is 0 Å². The highest BCUT2D eigenvalue weighted by Gasteiger charge is 2.04. The summed E-state index contributed by atoms with van der Waals surface area (Å²) in [7, 11) is 1.65. The summed E-state index contributed by atoms with van der Waals surface area (Å²) >= 11 is 0. The number of benzene rings is 1. The van der Waals surface area contributed by atoms with Gasteiger partial charge in [-0.2, -0.15) is 0 Å².